The van der Waals surface area contributed by atoms with Crippen molar-refractivity contribution in [3.63, 3.8) is 0 Å². The summed E-state index contributed by atoms with van der Waals surface area (Å²) >= 11 is 3.21. The maximum absolute atomic E-state index is 11.5. The Labute approximate surface area is 112 Å². The molecule has 0 saturated heterocycles. The molecule has 0 aliphatic rings. The van der Waals surface area contributed by atoms with Gasteiger partial charge in [-0.15, -0.1) is 0 Å². The van der Waals surface area contributed by atoms with E-state index in [1.807, 2.05) is 0 Å². The monoisotopic (exact) mass is 314 g/mol. The molecule has 0 unspecified atom stereocenters. The van der Waals surface area contributed by atoms with E-state index in [1.54, 1.807) is 24.3 Å². The third-order valence-corrected chi connectivity index (χ3v) is 2.35. The first kappa shape index (κ1) is 14.2. The number of amides is 2. The molecule has 0 fully saturated rings. The van der Waals surface area contributed by atoms with Crippen LogP contribution in [0.3, 0.4) is 0 Å². The van der Waals surface area contributed by atoms with Crippen molar-refractivity contribution in [3.05, 3.63) is 34.3 Å². The lowest BCUT2D eigenvalue weighted by Gasteiger charge is -2.05. The molecule has 0 atom stereocenters. The number of ether oxygens (including phenoxy) is 1. The lowest BCUT2D eigenvalue weighted by Crippen LogP contribution is -2.35. The molecule has 3 N–H and O–H groups in total. The highest BCUT2D eigenvalue weighted by molar-refractivity contribution is 9.10. The van der Waals surface area contributed by atoms with Crippen LogP contribution in [0.1, 0.15) is 10.4 Å². The van der Waals surface area contributed by atoms with E-state index in [2.05, 4.69) is 21.2 Å². The minimum absolute atomic E-state index is 0.284. The fourth-order valence-corrected chi connectivity index (χ4v) is 1.47. The maximum atomic E-state index is 11.5. The number of rotatable bonds is 5. The number of primary amides is 1. The number of nitrogens with two attached hydrogens (primary N) is 1. The second kappa shape index (κ2) is 6.75. The van der Waals surface area contributed by atoms with Crippen LogP contribution in [0.25, 0.3) is 0 Å². The highest BCUT2D eigenvalue weighted by Crippen LogP contribution is 2.12. The topological polar surface area (TPSA) is 98.5 Å². The zero-order valence-corrected chi connectivity index (χ0v) is 10.9. The second-order valence-electron chi connectivity index (χ2n) is 3.33. The summed E-state index contributed by atoms with van der Waals surface area (Å²) < 4.78 is 5.48. The number of nitrogens with one attached hydrogen (secondary N) is 1. The minimum Gasteiger partial charge on any atom is -0.452 e. The summed E-state index contributed by atoms with van der Waals surface area (Å²) in [4.78, 5) is 33.1. The molecule has 0 aromatic heterocycles. The SMILES string of the molecule is NC(=O)CNC(=O)COC(=O)c1cccc(Br)c1. The predicted molar refractivity (Wildman–Crippen MR) is 66.6 cm³/mol. The summed E-state index contributed by atoms with van der Waals surface area (Å²) in [5.41, 5.74) is 5.16. The molecule has 7 heteroatoms. The standard InChI is InChI=1S/C11H11BrN2O4/c12-8-3-1-2-7(4-8)11(17)18-6-10(16)14-5-9(13)15/h1-4H,5-6H2,(H2,13,15)(H,14,16). The zero-order valence-electron chi connectivity index (χ0n) is 9.31. The number of hydrogen-bond donors (Lipinski definition) is 2. The summed E-state index contributed by atoms with van der Waals surface area (Å²) in [7, 11) is 0. The normalized spacial score (nSPS) is 9.61. The van der Waals surface area contributed by atoms with E-state index in [1.165, 1.54) is 0 Å². The van der Waals surface area contributed by atoms with Crippen LogP contribution in [-0.4, -0.2) is 30.9 Å². The van der Waals surface area contributed by atoms with Crippen molar-refractivity contribution in [2.75, 3.05) is 13.2 Å². The van der Waals surface area contributed by atoms with Gasteiger partial charge in [0.2, 0.25) is 5.91 Å². The van der Waals surface area contributed by atoms with Crippen LogP contribution in [0.5, 0.6) is 0 Å². The average molecular weight is 315 g/mol. The molecule has 0 aliphatic heterocycles. The Bertz CT molecular complexity index is 476. The molecular weight excluding hydrogens is 304 g/mol. The van der Waals surface area contributed by atoms with Crippen molar-refractivity contribution in [1.82, 2.24) is 5.32 Å². The number of carbonyl (C=O) groups is 3. The molecule has 0 saturated carbocycles. The highest BCUT2D eigenvalue weighted by Gasteiger charge is 2.10. The Morgan fingerprint density at radius 2 is 2.06 bits per heavy atom. The molecule has 1 aromatic rings. The van der Waals surface area contributed by atoms with Crippen LogP contribution in [-0.2, 0) is 14.3 Å². The Morgan fingerprint density at radius 1 is 1.33 bits per heavy atom. The first-order chi connectivity index (χ1) is 8.49. The molecule has 0 heterocycles. The first-order valence-corrected chi connectivity index (χ1v) is 5.76. The molecular formula is C11H11BrN2O4. The number of hydrogen-bond acceptors (Lipinski definition) is 4. The Hall–Kier alpha value is -1.89. The van der Waals surface area contributed by atoms with E-state index in [0.717, 1.165) is 4.47 Å². The van der Waals surface area contributed by atoms with Gasteiger partial charge in [-0.3, -0.25) is 9.59 Å². The van der Waals surface area contributed by atoms with Crippen molar-refractivity contribution in [2.45, 2.75) is 0 Å². The van der Waals surface area contributed by atoms with Gasteiger partial charge in [0, 0.05) is 4.47 Å². The molecule has 2 amide bonds. The third kappa shape index (κ3) is 4.96. The molecule has 1 aromatic carbocycles. The van der Waals surface area contributed by atoms with Gasteiger partial charge in [0.05, 0.1) is 12.1 Å². The summed E-state index contributed by atoms with van der Waals surface area (Å²) in [6.07, 6.45) is 0. The number of carbonyl (C=O) groups excluding carboxylic acids is 3. The van der Waals surface area contributed by atoms with Gasteiger partial charge in [-0.25, -0.2) is 4.79 Å². The van der Waals surface area contributed by atoms with Gasteiger partial charge in [0.25, 0.3) is 5.91 Å². The Balaban J connectivity index is 2.42. The summed E-state index contributed by atoms with van der Waals surface area (Å²) in [5, 5.41) is 2.20. The van der Waals surface area contributed by atoms with E-state index in [9.17, 15) is 14.4 Å². The summed E-state index contributed by atoms with van der Waals surface area (Å²) in [6, 6.07) is 6.57. The van der Waals surface area contributed by atoms with Crippen molar-refractivity contribution in [1.29, 1.82) is 0 Å². The lowest BCUT2D eigenvalue weighted by atomic mass is 10.2. The van der Waals surface area contributed by atoms with Gasteiger partial charge in [-0.1, -0.05) is 22.0 Å². The smallest absolute Gasteiger partial charge is 0.338 e. The van der Waals surface area contributed by atoms with Gasteiger partial charge < -0.3 is 15.8 Å². The fourth-order valence-electron chi connectivity index (χ4n) is 1.07. The molecule has 0 radical (unpaired) electrons. The van der Waals surface area contributed by atoms with Crippen molar-refractivity contribution < 1.29 is 19.1 Å². The molecule has 18 heavy (non-hydrogen) atoms. The highest BCUT2D eigenvalue weighted by atomic mass is 79.9. The molecule has 96 valence electrons. The van der Waals surface area contributed by atoms with Gasteiger partial charge in [0.1, 0.15) is 0 Å². The quantitative estimate of drug-likeness (QED) is 0.759. The Morgan fingerprint density at radius 3 is 2.67 bits per heavy atom. The van der Waals surface area contributed by atoms with Crippen molar-refractivity contribution >= 4 is 33.7 Å². The average Bonchev–Trinajstić information content (AvgIpc) is 2.33. The Kier molecular flexibility index (Phi) is 5.31. The van der Waals surface area contributed by atoms with Crippen molar-refractivity contribution in [3.8, 4) is 0 Å². The molecule has 1 rings (SSSR count). The van der Waals surface area contributed by atoms with E-state index in [4.69, 9.17) is 10.5 Å². The number of benzene rings is 1. The number of halogens is 1. The van der Waals surface area contributed by atoms with Gasteiger partial charge in [-0.2, -0.15) is 0 Å². The maximum Gasteiger partial charge on any atom is 0.338 e. The first-order valence-electron chi connectivity index (χ1n) is 4.96. The van der Waals surface area contributed by atoms with E-state index in [-0.39, 0.29) is 6.54 Å². The van der Waals surface area contributed by atoms with Crippen LogP contribution < -0.4 is 11.1 Å². The minimum atomic E-state index is -0.665. The molecule has 0 aliphatic carbocycles. The van der Waals surface area contributed by atoms with Crippen LogP contribution in [0.15, 0.2) is 28.7 Å². The largest absolute Gasteiger partial charge is 0.452 e. The van der Waals surface area contributed by atoms with E-state index in [0.29, 0.717) is 5.56 Å². The van der Waals surface area contributed by atoms with E-state index < -0.39 is 24.4 Å². The van der Waals surface area contributed by atoms with Crippen LogP contribution in [0, 0.1) is 0 Å². The second-order valence-corrected chi connectivity index (χ2v) is 4.25. The van der Waals surface area contributed by atoms with Gasteiger partial charge >= 0.3 is 5.97 Å². The molecule has 0 bridgehead atoms. The van der Waals surface area contributed by atoms with Gasteiger partial charge in [-0.05, 0) is 18.2 Å². The van der Waals surface area contributed by atoms with Crippen LogP contribution >= 0.6 is 15.9 Å². The fraction of sp³-hybridized carbons (Fsp3) is 0.182. The molecule has 0 spiro atoms. The zero-order chi connectivity index (χ0) is 13.5. The van der Waals surface area contributed by atoms with E-state index >= 15 is 0 Å². The lowest BCUT2D eigenvalue weighted by molar-refractivity contribution is -0.127. The predicted octanol–water partition coefficient (Wildman–Crippen LogP) is 0.207. The van der Waals surface area contributed by atoms with Crippen molar-refractivity contribution in [2.24, 2.45) is 5.73 Å². The number of esters is 1. The van der Waals surface area contributed by atoms with Crippen LogP contribution in [0.4, 0.5) is 0 Å². The summed E-state index contributed by atoms with van der Waals surface area (Å²) in [5.74, 6) is -1.87. The van der Waals surface area contributed by atoms with Crippen LogP contribution in [0.2, 0.25) is 0 Å². The molecule has 6 nitrogen and oxygen atoms in total. The third-order valence-electron chi connectivity index (χ3n) is 1.85. The summed E-state index contributed by atoms with van der Waals surface area (Å²) in [6.45, 7) is -0.744. The van der Waals surface area contributed by atoms with Gasteiger partial charge in [0.15, 0.2) is 6.61 Å².